The molecule has 1 aromatic rings. The Hall–Kier alpha value is -1.36. The lowest BCUT2D eigenvalue weighted by atomic mass is 10.3. The molecule has 1 amide bonds. The van der Waals surface area contributed by atoms with E-state index in [-0.39, 0.29) is 5.91 Å². The molecule has 0 radical (unpaired) electrons. The van der Waals surface area contributed by atoms with E-state index in [1.54, 1.807) is 0 Å². The molecule has 0 saturated carbocycles. The Morgan fingerprint density at radius 3 is 2.90 bits per heavy atom. The number of hydrogen-bond acceptors (Lipinski definition) is 4. The van der Waals surface area contributed by atoms with E-state index in [1.165, 1.54) is 11.8 Å². The first-order valence-corrected chi connectivity index (χ1v) is 8.07. The minimum Gasteiger partial charge on any atom is -0.490 e. The fourth-order valence-electron chi connectivity index (χ4n) is 1.84. The molecule has 110 valence electrons. The number of nitrogens with one attached hydrogen (secondary N) is 1. The molecule has 2 rings (SSSR count). The van der Waals surface area contributed by atoms with Crippen molar-refractivity contribution in [3.05, 3.63) is 18.2 Å². The molecule has 0 aromatic heterocycles. The number of thioether (sulfide) groups is 1. The van der Waals surface area contributed by atoms with E-state index in [0.29, 0.717) is 19.0 Å². The van der Waals surface area contributed by atoms with Gasteiger partial charge in [0.25, 0.3) is 0 Å². The highest BCUT2D eigenvalue weighted by atomic mass is 32.2. The van der Waals surface area contributed by atoms with Crippen molar-refractivity contribution in [2.75, 3.05) is 25.5 Å². The van der Waals surface area contributed by atoms with Crippen LogP contribution < -0.4 is 14.8 Å². The number of unbranched alkanes of at least 4 members (excludes halogenated alkanes) is 1. The van der Waals surface area contributed by atoms with Gasteiger partial charge in [0.05, 0.1) is 19.0 Å². The highest BCUT2D eigenvalue weighted by molar-refractivity contribution is 8.00. The molecule has 0 aliphatic carbocycles. The lowest BCUT2D eigenvalue weighted by Crippen LogP contribution is -2.25. The zero-order chi connectivity index (χ0) is 14.2. The predicted molar refractivity (Wildman–Crippen MR) is 80.7 cm³/mol. The molecule has 0 bridgehead atoms. The molecule has 0 atom stereocenters. The van der Waals surface area contributed by atoms with Crippen LogP contribution in [0.4, 0.5) is 0 Å². The van der Waals surface area contributed by atoms with Gasteiger partial charge in [-0.1, -0.05) is 13.3 Å². The SMILES string of the molecule is CCCCNC(=O)CSc1ccc2c(c1)OCCCO2. The quantitative estimate of drug-likeness (QED) is 0.647. The molecule has 1 aliphatic rings. The highest BCUT2D eigenvalue weighted by Crippen LogP contribution is 2.33. The number of amides is 1. The van der Waals surface area contributed by atoms with Gasteiger partial charge in [0, 0.05) is 17.9 Å². The third kappa shape index (κ3) is 4.63. The second kappa shape index (κ2) is 8.04. The number of fused-ring (bicyclic) bond motifs is 1. The number of carbonyl (C=O) groups excluding carboxylic acids is 1. The average molecular weight is 295 g/mol. The van der Waals surface area contributed by atoms with Crippen LogP contribution in [0.25, 0.3) is 0 Å². The average Bonchev–Trinajstić information content (AvgIpc) is 2.70. The standard InChI is InChI=1S/C15H21NO3S/c1-2-3-7-16-15(17)11-20-12-5-6-13-14(10-12)19-9-4-8-18-13/h5-6,10H,2-4,7-9,11H2,1H3,(H,16,17). The van der Waals surface area contributed by atoms with E-state index >= 15 is 0 Å². The van der Waals surface area contributed by atoms with Gasteiger partial charge in [-0.15, -0.1) is 11.8 Å². The van der Waals surface area contributed by atoms with E-state index in [2.05, 4.69) is 12.2 Å². The van der Waals surface area contributed by atoms with Gasteiger partial charge >= 0.3 is 0 Å². The molecular weight excluding hydrogens is 274 g/mol. The second-order valence-electron chi connectivity index (χ2n) is 4.65. The van der Waals surface area contributed by atoms with Gasteiger partial charge in [-0.2, -0.15) is 0 Å². The lowest BCUT2D eigenvalue weighted by molar-refractivity contribution is -0.118. The van der Waals surface area contributed by atoms with Crippen LogP contribution in [0.2, 0.25) is 0 Å². The number of hydrogen-bond donors (Lipinski definition) is 1. The fraction of sp³-hybridized carbons (Fsp3) is 0.533. The summed E-state index contributed by atoms with van der Waals surface area (Å²) < 4.78 is 11.2. The van der Waals surface area contributed by atoms with E-state index in [4.69, 9.17) is 9.47 Å². The Morgan fingerprint density at radius 1 is 1.30 bits per heavy atom. The first kappa shape index (κ1) is 15.0. The van der Waals surface area contributed by atoms with Gasteiger partial charge < -0.3 is 14.8 Å². The third-order valence-corrected chi connectivity index (χ3v) is 3.94. The van der Waals surface area contributed by atoms with Crippen molar-refractivity contribution in [3.63, 3.8) is 0 Å². The summed E-state index contributed by atoms with van der Waals surface area (Å²) in [6.07, 6.45) is 3.02. The summed E-state index contributed by atoms with van der Waals surface area (Å²) >= 11 is 1.52. The van der Waals surface area contributed by atoms with E-state index in [0.717, 1.165) is 42.2 Å². The summed E-state index contributed by atoms with van der Waals surface area (Å²) in [6.45, 7) is 4.24. The molecule has 0 saturated heterocycles. The normalized spacial score (nSPS) is 13.7. The molecule has 1 aliphatic heterocycles. The van der Waals surface area contributed by atoms with Gasteiger partial charge in [-0.05, 0) is 24.6 Å². The maximum Gasteiger partial charge on any atom is 0.230 e. The van der Waals surface area contributed by atoms with Crippen molar-refractivity contribution in [1.29, 1.82) is 0 Å². The minimum absolute atomic E-state index is 0.0792. The predicted octanol–water partition coefficient (Wildman–Crippen LogP) is 2.86. The van der Waals surface area contributed by atoms with E-state index < -0.39 is 0 Å². The Labute approximate surface area is 124 Å². The maximum absolute atomic E-state index is 11.6. The zero-order valence-electron chi connectivity index (χ0n) is 11.8. The van der Waals surface area contributed by atoms with Crippen molar-refractivity contribution in [3.8, 4) is 11.5 Å². The number of rotatable bonds is 6. The van der Waals surface area contributed by atoms with Gasteiger partial charge in [-0.3, -0.25) is 4.79 Å². The smallest absolute Gasteiger partial charge is 0.230 e. The molecule has 5 heteroatoms. The van der Waals surface area contributed by atoms with Crippen molar-refractivity contribution < 1.29 is 14.3 Å². The Morgan fingerprint density at radius 2 is 2.10 bits per heavy atom. The third-order valence-electron chi connectivity index (χ3n) is 2.94. The van der Waals surface area contributed by atoms with E-state index in [1.807, 2.05) is 18.2 Å². The monoisotopic (exact) mass is 295 g/mol. The highest BCUT2D eigenvalue weighted by Gasteiger charge is 2.11. The Balaban J connectivity index is 1.84. The second-order valence-corrected chi connectivity index (χ2v) is 5.70. The largest absolute Gasteiger partial charge is 0.490 e. The number of benzene rings is 1. The van der Waals surface area contributed by atoms with Crippen LogP contribution in [0.3, 0.4) is 0 Å². The van der Waals surface area contributed by atoms with Gasteiger partial charge in [0.2, 0.25) is 5.91 Å². The maximum atomic E-state index is 11.6. The summed E-state index contributed by atoms with van der Waals surface area (Å²) in [5.41, 5.74) is 0. The van der Waals surface area contributed by atoms with Crippen molar-refractivity contribution >= 4 is 17.7 Å². The van der Waals surface area contributed by atoms with Crippen molar-refractivity contribution in [2.45, 2.75) is 31.1 Å². The molecule has 1 N–H and O–H groups in total. The first-order valence-electron chi connectivity index (χ1n) is 7.08. The van der Waals surface area contributed by atoms with Gasteiger partial charge in [0.15, 0.2) is 11.5 Å². The first-order chi connectivity index (χ1) is 9.79. The van der Waals surface area contributed by atoms with Crippen LogP contribution in [0, 0.1) is 0 Å². The van der Waals surface area contributed by atoms with Crippen LogP contribution in [-0.2, 0) is 4.79 Å². The number of ether oxygens (including phenoxy) is 2. The van der Waals surface area contributed by atoms with Crippen LogP contribution in [0.15, 0.2) is 23.1 Å². The summed E-state index contributed by atoms with van der Waals surface area (Å²) in [4.78, 5) is 12.7. The summed E-state index contributed by atoms with van der Waals surface area (Å²) in [6, 6.07) is 5.83. The molecule has 0 unspecified atom stereocenters. The molecular formula is C15H21NO3S. The van der Waals surface area contributed by atoms with Gasteiger partial charge in [0.1, 0.15) is 0 Å². The van der Waals surface area contributed by atoms with Crippen LogP contribution in [0.1, 0.15) is 26.2 Å². The molecule has 0 spiro atoms. The number of carbonyl (C=O) groups is 1. The Kier molecular flexibility index (Phi) is 6.05. The van der Waals surface area contributed by atoms with Crippen LogP contribution in [-0.4, -0.2) is 31.4 Å². The van der Waals surface area contributed by atoms with Crippen LogP contribution >= 0.6 is 11.8 Å². The van der Waals surface area contributed by atoms with Gasteiger partial charge in [-0.25, -0.2) is 0 Å². The van der Waals surface area contributed by atoms with Crippen LogP contribution in [0.5, 0.6) is 11.5 Å². The van der Waals surface area contributed by atoms with Crippen molar-refractivity contribution in [1.82, 2.24) is 5.32 Å². The zero-order valence-corrected chi connectivity index (χ0v) is 12.6. The van der Waals surface area contributed by atoms with Crippen molar-refractivity contribution in [2.24, 2.45) is 0 Å². The minimum atomic E-state index is 0.0792. The summed E-state index contributed by atoms with van der Waals surface area (Å²) in [5.74, 6) is 2.08. The molecule has 4 nitrogen and oxygen atoms in total. The molecule has 1 aromatic carbocycles. The fourth-order valence-corrected chi connectivity index (χ4v) is 2.59. The molecule has 1 heterocycles. The topological polar surface area (TPSA) is 47.6 Å². The molecule has 0 fully saturated rings. The Bertz CT molecular complexity index is 451. The van der Waals surface area contributed by atoms with E-state index in [9.17, 15) is 4.79 Å². The lowest BCUT2D eigenvalue weighted by Gasteiger charge is -2.09. The summed E-state index contributed by atoms with van der Waals surface area (Å²) in [5, 5.41) is 2.91. The summed E-state index contributed by atoms with van der Waals surface area (Å²) in [7, 11) is 0. The molecule has 20 heavy (non-hydrogen) atoms.